The molecule has 2 aromatic carbocycles. The Kier molecular flexibility index (Phi) is 5.90. The molecule has 1 atom stereocenters. The van der Waals surface area contributed by atoms with Gasteiger partial charge in [0.25, 0.3) is 0 Å². The van der Waals surface area contributed by atoms with Crippen LogP contribution in [0.2, 0.25) is 0 Å². The van der Waals surface area contributed by atoms with Gasteiger partial charge in [0, 0.05) is 31.4 Å². The van der Waals surface area contributed by atoms with E-state index < -0.39 is 0 Å². The summed E-state index contributed by atoms with van der Waals surface area (Å²) < 4.78 is 6.58. The van der Waals surface area contributed by atoms with Crippen molar-refractivity contribution in [2.24, 2.45) is 0 Å². The van der Waals surface area contributed by atoms with Crippen LogP contribution < -0.4 is 0 Å². The van der Waals surface area contributed by atoms with Crippen LogP contribution in [0.3, 0.4) is 0 Å². The molecule has 0 aliphatic carbocycles. The smallest absolute Gasteiger partial charge is 0.150 e. The number of nitrogens with zero attached hydrogens (tertiary/aromatic N) is 2. The summed E-state index contributed by atoms with van der Waals surface area (Å²) in [5.74, 6) is 0. The molecule has 0 bridgehead atoms. The first kappa shape index (κ1) is 18.5. The lowest BCUT2D eigenvalue weighted by Crippen LogP contribution is -2.25. The Bertz CT molecular complexity index is 859. The molecular weight excluding hydrogens is 348 g/mol. The Morgan fingerprint density at radius 3 is 2.36 bits per heavy atom. The van der Waals surface area contributed by atoms with Crippen molar-refractivity contribution in [2.45, 2.75) is 25.2 Å². The normalized spacial score (nSPS) is 17.1. The average molecular weight is 372 g/mol. The van der Waals surface area contributed by atoms with Crippen LogP contribution in [0.4, 0.5) is 0 Å². The van der Waals surface area contributed by atoms with Crippen molar-refractivity contribution in [3.8, 4) is 0 Å². The van der Waals surface area contributed by atoms with Crippen LogP contribution in [0.25, 0.3) is 0 Å². The molecule has 0 spiro atoms. The maximum Gasteiger partial charge on any atom is 0.150 e. The van der Waals surface area contributed by atoms with Gasteiger partial charge < -0.3 is 4.74 Å². The molecule has 1 aliphatic heterocycles. The molecule has 4 nitrogen and oxygen atoms in total. The van der Waals surface area contributed by atoms with Crippen molar-refractivity contribution in [1.29, 1.82) is 0 Å². The van der Waals surface area contributed by atoms with Crippen LogP contribution in [-0.4, -0.2) is 35.4 Å². The highest BCUT2D eigenvalue weighted by Gasteiger charge is 2.27. The van der Waals surface area contributed by atoms with E-state index in [1.807, 2.05) is 18.2 Å². The Balaban J connectivity index is 1.44. The van der Waals surface area contributed by atoms with Gasteiger partial charge in [-0.2, -0.15) is 0 Å². The molecule has 0 radical (unpaired) electrons. The largest absolute Gasteiger partial charge is 0.364 e. The van der Waals surface area contributed by atoms with Crippen molar-refractivity contribution >= 4 is 6.29 Å². The van der Waals surface area contributed by atoms with Crippen molar-refractivity contribution in [3.63, 3.8) is 0 Å². The standard InChI is InChI=1S/C24H24N2O2/c27-18-19-11-13-25-22(15-19)16-26-14-12-23(17-26)28-24(20-7-3-1-4-8-20)21-9-5-2-6-10-21/h1-11,13,15,18,23-24H,12,14,16-17H2/t23-/m1/s1. The molecule has 0 amide bonds. The summed E-state index contributed by atoms with van der Waals surface area (Å²) in [5.41, 5.74) is 3.94. The Morgan fingerprint density at radius 1 is 1.04 bits per heavy atom. The highest BCUT2D eigenvalue weighted by Crippen LogP contribution is 2.29. The zero-order valence-electron chi connectivity index (χ0n) is 15.8. The van der Waals surface area contributed by atoms with E-state index in [4.69, 9.17) is 4.74 Å². The van der Waals surface area contributed by atoms with E-state index in [0.717, 1.165) is 38.0 Å². The van der Waals surface area contributed by atoms with E-state index in [1.54, 1.807) is 12.3 Å². The van der Waals surface area contributed by atoms with Gasteiger partial charge in [0.15, 0.2) is 0 Å². The monoisotopic (exact) mass is 372 g/mol. The molecule has 4 rings (SSSR count). The number of pyridine rings is 1. The van der Waals surface area contributed by atoms with E-state index in [0.29, 0.717) is 5.56 Å². The van der Waals surface area contributed by atoms with Gasteiger partial charge in [0.1, 0.15) is 12.4 Å². The first-order valence-electron chi connectivity index (χ1n) is 9.69. The lowest BCUT2D eigenvalue weighted by Gasteiger charge is -2.23. The number of hydrogen-bond acceptors (Lipinski definition) is 4. The van der Waals surface area contributed by atoms with Gasteiger partial charge >= 0.3 is 0 Å². The van der Waals surface area contributed by atoms with Crippen molar-refractivity contribution < 1.29 is 9.53 Å². The van der Waals surface area contributed by atoms with Crippen molar-refractivity contribution in [1.82, 2.24) is 9.88 Å². The highest BCUT2D eigenvalue weighted by molar-refractivity contribution is 5.74. The molecule has 0 unspecified atom stereocenters. The Hall–Kier alpha value is -2.82. The second-order valence-electron chi connectivity index (χ2n) is 7.18. The summed E-state index contributed by atoms with van der Waals surface area (Å²) in [6.07, 6.45) is 3.65. The van der Waals surface area contributed by atoms with E-state index in [-0.39, 0.29) is 12.2 Å². The number of rotatable bonds is 7. The molecule has 4 heteroatoms. The molecule has 0 saturated carbocycles. The summed E-state index contributed by atoms with van der Waals surface area (Å²) in [5, 5.41) is 0. The van der Waals surface area contributed by atoms with Crippen molar-refractivity contribution in [2.75, 3.05) is 13.1 Å². The van der Waals surface area contributed by atoms with E-state index in [9.17, 15) is 4.79 Å². The summed E-state index contributed by atoms with van der Waals surface area (Å²) in [4.78, 5) is 17.7. The fraction of sp³-hybridized carbons (Fsp3) is 0.250. The zero-order chi connectivity index (χ0) is 19.2. The summed E-state index contributed by atoms with van der Waals surface area (Å²) in [6, 6.07) is 24.4. The fourth-order valence-corrected chi connectivity index (χ4v) is 3.74. The average Bonchev–Trinajstić information content (AvgIpc) is 3.20. The number of hydrogen-bond donors (Lipinski definition) is 0. The van der Waals surface area contributed by atoms with Crippen LogP contribution in [0.1, 0.15) is 39.7 Å². The molecule has 1 aromatic heterocycles. The maximum absolute atomic E-state index is 11.0. The number of carbonyl (C=O) groups excluding carboxylic acids is 1. The molecule has 3 aromatic rings. The van der Waals surface area contributed by atoms with E-state index in [1.165, 1.54) is 11.1 Å². The second-order valence-corrected chi connectivity index (χ2v) is 7.18. The summed E-state index contributed by atoms with van der Waals surface area (Å²) >= 11 is 0. The lowest BCUT2D eigenvalue weighted by molar-refractivity contribution is 0.0138. The van der Waals surface area contributed by atoms with Crippen LogP contribution >= 0.6 is 0 Å². The quantitative estimate of drug-likeness (QED) is 0.581. The predicted octanol–water partition coefficient (Wildman–Crippen LogP) is 4.27. The first-order valence-corrected chi connectivity index (χ1v) is 9.69. The predicted molar refractivity (Wildman–Crippen MR) is 109 cm³/mol. The minimum absolute atomic E-state index is 0.0659. The van der Waals surface area contributed by atoms with Gasteiger partial charge in [-0.05, 0) is 29.7 Å². The topological polar surface area (TPSA) is 42.4 Å². The molecular formula is C24H24N2O2. The van der Waals surface area contributed by atoms with Gasteiger partial charge in [-0.15, -0.1) is 0 Å². The Labute approximate surface area is 165 Å². The van der Waals surface area contributed by atoms with E-state index in [2.05, 4.69) is 58.4 Å². The SMILES string of the molecule is O=Cc1ccnc(CN2CC[C@@H](OC(c3ccccc3)c3ccccc3)C2)c1. The zero-order valence-corrected chi connectivity index (χ0v) is 15.8. The van der Waals surface area contributed by atoms with Crippen LogP contribution in [0, 0.1) is 0 Å². The molecule has 0 N–H and O–H groups in total. The second kappa shape index (κ2) is 8.91. The number of ether oxygens (including phenoxy) is 1. The third kappa shape index (κ3) is 4.53. The number of aromatic nitrogens is 1. The molecule has 1 fully saturated rings. The summed E-state index contributed by atoms with van der Waals surface area (Å²) in [6.45, 7) is 2.57. The number of aldehydes is 1. The minimum atomic E-state index is -0.0659. The van der Waals surface area contributed by atoms with Gasteiger partial charge in [-0.1, -0.05) is 60.7 Å². The fourth-order valence-electron chi connectivity index (χ4n) is 3.74. The molecule has 2 heterocycles. The summed E-state index contributed by atoms with van der Waals surface area (Å²) in [7, 11) is 0. The molecule has 1 saturated heterocycles. The number of likely N-dealkylation sites (tertiary alicyclic amines) is 1. The molecule has 142 valence electrons. The molecule has 1 aliphatic rings. The van der Waals surface area contributed by atoms with Gasteiger partial charge in [-0.3, -0.25) is 14.7 Å². The highest BCUT2D eigenvalue weighted by atomic mass is 16.5. The number of carbonyl (C=O) groups is 1. The van der Waals surface area contributed by atoms with E-state index >= 15 is 0 Å². The lowest BCUT2D eigenvalue weighted by atomic mass is 10.0. The van der Waals surface area contributed by atoms with Gasteiger partial charge in [0.2, 0.25) is 0 Å². The molecule has 28 heavy (non-hydrogen) atoms. The maximum atomic E-state index is 11.0. The Morgan fingerprint density at radius 2 is 1.71 bits per heavy atom. The third-order valence-electron chi connectivity index (χ3n) is 5.12. The van der Waals surface area contributed by atoms with Crippen molar-refractivity contribution in [3.05, 3.63) is 101 Å². The van der Waals surface area contributed by atoms with Gasteiger partial charge in [0.05, 0.1) is 11.8 Å². The first-order chi connectivity index (χ1) is 13.8. The van der Waals surface area contributed by atoms with Crippen LogP contribution in [-0.2, 0) is 11.3 Å². The minimum Gasteiger partial charge on any atom is -0.364 e. The van der Waals surface area contributed by atoms with Crippen LogP contribution in [0.5, 0.6) is 0 Å². The van der Waals surface area contributed by atoms with Crippen LogP contribution in [0.15, 0.2) is 79.0 Å². The van der Waals surface area contributed by atoms with Gasteiger partial charge in [-0.25, -0.2) is 0 Å². The number of benzene rings is 2. The third-order valence-corrected chi connectivity index (χ3v) is 5.12.